The molecule has 5 nitrogen and oxygen atoms in total. The molecule has 1 aliphatic heterocycles. The molecule has 0 spiro atoms. The molecule has 1 aromatic rings. The minimum absolute atomic E-state index is 0.582. The molecular formula is C13H21N3O2. The van der Waals surface area contributed by atoms with Gasteiger partial charge in [-0.05, 0) is 45.8 Å². The second-order valence-corrected chi connectivity index (χ2v) is 5.11. The minimum atomic E-state index is -0.675. The largest absolute Gasteiger partial charge is 0.481 e. The van der Waals surface area contributed by atoms with E-state index in [0.29, 0.717) is 19.3 Å². The van der Waals surface area contributed by atoms with Crippen LogP contribution in [0.2, 0.25) is 0 Å². The van der Waals surface area contributed by atoms with Gasteiger partial charge < -0.3 is 10.4 Å². The van der Waals surface area contributed by atoms with Crippen LogP contribution in [0.15, 0.2) is 6.07 Å². The Hall–Kier alpha value is -1.36. The van der Waals surface area contributed by atoms with E-state index >= 15 is 0 Å². The number of rotatable bonds is 4. The van der Waals surface area contributed by atoms with Crippen molar-refractivity contribution in [1.29, 1.82) is 0 Å². The number of carboxylic acid groups (broad SMARTS) is 1. The molecule has 1 aromatic heterocycles. The van der Waals surface area contributed by atoms with Gasteiger partial charge in [-0.25, -0.2) is 0 Å². The molecule has 2 rings (SSSR count). The average molecular weight is 251 g/mol. The van der Waals surface area contributed by atoms with E-state index in [-0.39, 0.29) is 0 Å². The van der Waals surface area contributed by atoms with Crippen molar-refractivity contribution < 1.29 is 9.90 Å². The molecule has 0 aromatic carbocycles. The molecule has 0 aliphatic carbocycles. The number of carbonyl (C=O) groups is 1. The summed E-state index contributed by atoms with van der Waals surface area (Å²) in [5, 5.41) is 17.2. The van der Waals surface area contributed by atoms with Gasteiger partial charge in [0.15, 0.2) is 0 Å². The van der Waals surface area contributed by atoms with Gasteiger partial charge in [0, 0.05) is 18.7 Å². The first-order valence-electron chi connectivity index (χ1n) is 6.55. The summed E-state index contributed by atoms with van der Waals surface area (Å²) in [5.74, 6) is -0.675. The number of hydrogen-bond donors (Lipinski definition) is 2. The second kappa shape index (κ2) is 5.10. The number of aliphatic carboxylic acids is 1. The number of carboxylic acids is 1. The second-order valence-electron chi connectivity index (χ2n) is 5.11. The molecule has 0 atom stereocenters. The standard InChI is InChI=1S/C13H21N3O2/c1-3-16-11(8-10(2)15-16)9-13(12(17)18)4-6-14-7-5-13/h8,14H,3-7,9H2,1-2H3,(H,17,18). The number of piperidine rings is 1. The van der Waals surface area contributed by atoms with Gasteiger partial charge in [-0.2, -0.15) is 5.10 Å². The predicted molar refractivity (Wildman–Crippen MR) is 68.5 cm³/mol. The van der Waals surface area contributed by atoms with Gasteiger partial charge in [-0.15, -0.1) is 0 Å². The number of hydrogen-bond acceptors (Lipinski definition) is 3. The summed E-state index contributed by atoms with van der Waals surface area (Å²) in [6, 6.07) is 2.01. The quantitative estimate of drug-likeness (QED) is 0.844. The van der Waals surface area contributed by atoms with Crippen LogP contribution in [0.1, 0.15) is 31.2 Å². The van der Waals surface area contributed by atoms with Gasteiger partial charge in [-0.3, -0.25) is 9.48 Å². The molecule has 1 fully saturated rings. The van der Waals surface area contributed by atoms with Crippen molar-refractivity contribution in [2.45, 2.75) is 39.7 Å². The molecule has 0 radical (unpaired) electrons. The van der Waals surface area contributed by atoms with Crippen LogP contribution in [0.25, 0.3) is 0 Å². The van der Waals surface area contributed by atoms with Crippen molar-refractivity contribution in [1.82, 2.24) is 15.1 Å². The first-order valence-corrected chi connectivity index (χ1v) is 6.55. The molecule has 0 bridgehead atoms. The summed E-state index contributed by atoms with van der Waals surface area (Å²) in [6.45, 7) is 6.34. The summed E-state index contributed by atoms with van der Waals surface area (Å²) >= 11 is 0. The maximum Gasteiger partial charge on any atom is 0.310 e. The molecule has 2 N–H and O–H groups in total. The third-order valence-electron chi connectivity index (χ3n) is 3.82. The smallest absolute Gasteiger partial charge is 0.310 e. The lowest BCUT2D eigenvalue weighted by atomic mass is 9.75. The minimum Gasteiger partial charge on any atom is -0.481 e. The Bertz CT molecular complexity index is 433. The third kappa shape index (κ3) is 2.41. The van der Waals surface area contributed by atoms with Crippen LogP contribution in [-0.4, -0.2) is 33.9 Å². The molecule has 1 aliphatic rings. The van der Waals surface area contributed by atoms with Crippen LogP contribution in [0.4, 0.5) is 0 Å². The number of nitrogens with one attached hydrogen (secondary N) is 1. The van der Waals surface area contributed by atoms with Crippen LogP contribution in [0.3, 0.4) is 0 Å². The molecule has 2 heterocycles. The highest BCUT2D eigenvalue weighted by molar-refractivity contribution is 5.75. The fraction of sp³-hybridized carbons (Fsp3) is 0.692. The van der Waals surface area contributed by atoms with Crippen LogP contribution in [0, 0.1) is 12.3 Å². The molecule has 5 heteroatoms. The van der Waals surface area contributed by atoms with Crippen LogP contribution in [-0.2, 0) is 17.8 Å². The topological polar surface area (TPSA) is 67.2 Å². The van der Waals surface area contributed by atoms with E-state index in [1.54, 1.807) is 0 Å². The van der Waals surface area contributed by atoms with Gasteiger partial charge in [0.2, 0.25) is 0 Å². The number of aromatic nitrogens is 2. The lowest BCUT2D eigenvalue weighted by molar-refractivity contribution is -0.150. The Morgan fingerprint density at radius 3 is 2.78 bits per heavy atom. The maximum atomic E-state index is 11.6. The zero-order valence-corrected chi connectivity index (χ0v) is 11.1. The van der Waals surface area contributed by atoms with Crippen LogP contribution >= 0.6 is 0 Å². The lowest BCUT2D eigenvalue weighted by Gasteiger charge is -2.33. The van der Waals surface area contributed by atoms with Crippen molar-refractivity contribution in [3.8, 4) is 0 Å². The molecule has 0 saturated carbocycles. The highest BCUT2D eigenvalue weighted by Crippen LogP contribution is 2.33. The van der Waals surface area contributed by atoms with E-state index in [1.807, 2.05) is 24.6 Å². The van der Waals surface area contributed by atoms with Crippen molar-refractivity contribution in [3.63, 3.8) is 0 Å². The van der Waals surface area contributed by atoms with Crippen LogP contribution < -0.4 is 5.32 Å². The average Bonchev–Trinajstić information content (AvgIpc) is 2.70. The van der Waals surface area contributed by atoms with E-state index < -0.39 is 11.4 Å². The van der Waals surface area contributed by atoms with E-state index in [2.05, 4.69) is 10.4 Å². The normalized spacial score (nSPS) is 18.8. The summed E-state index contributed by atoms with van der Waals surface area (Å²) in [6.07, 6.45) is 1.96. The molecule has 0 amide bonds. The maximum absolute atomic E-state index is 11.6. The third-order valence-corrected chi connectivity index (χ3v) is 3.82. The zero-order valence-electron chi connectivity index (χ0n) is 11.1. The zero-order chi connectivity index (χ0) is 13.2. The summed E-state index contributed by atoms with van der Waals surface area (Å²) in [7, 11) is 0. The fourth-order valence-corrected chi connectivity index (χ4v) is 2.73. The number of aryl methyl sites for hydroxylation is 2. The fourth-order valence-electron chi connectivity index (χ4n) is 2.73. The summed E-state index contributed by atoms with van der Waals surface area (Å²) < 4.78 is 1.92. The van der Waals surface area contributed by atoms with E-state index in [1.165, 1.54) is 0 Å². The summed E-state index contributed by atoms with van der Waals surface area (Å²) in [5.41, 5.74) is 1.38. The Morgan fingerprint density at radius 2 is 2.22 bits per heavy atom. The van der Waals surface area contributed by atoms with Gasteiger partial charge in [0.25, 0.3) is 0 Å². The van der Waals surface area contributed by atoms with Crippen molar-refractivity contribution >= 4 is 5.97 Å². The molecule has 1 saturated heterocycles. The van der Waals surface area contributed by atoms with Crippen molar-refractivity contribution in [2.75, 3.05) is 13.1 Å². The monoisotopic (exact) mass is 251 g/mol. The van der Waals surface area contributed by atoms with Gasteiger partial charge >= 0.3 is 5.97 Å². The molecule has 100 valence electrons. The first kappa shape index (κ1) is 13.1. The van der Waals surface area contributed by atoms with Crippen LogP contribution in [0.5, 0.6) is 0 Å². The predicted octanol–water partition coefficient (Wildman–Crippen LogP) is 1.21. The van der Waals surface area contributed by atoms with Gasteiger partial charge in [-0.1, -0.05) is 0 Å². The SMILES string of the molecule is CCn1nc(C)cc1CC1(C(=O)O)CCNCC1. The van der Waals surface area contributed by atoms with Crippen molar-refractivity contribution in [3.05, 3.63) is 17.5 Å². The van der Waals surface area contributed by atoms with Gasteiger partial charge in [0.05, 0.1) is 11.1 Å². The highest BCUT2D eigenvalue weighted by atomic mass is 16.4. The first-order chi connectivity index (χ1) is 8.57. The van der Waals surface area contributed by atoms with Crippen molar-refractivity contribution in [2.24, 2.45) is 5.41 Å². The van der Waals surface area contributed by atoms with Gasteiger partial charge in [0.1, 0.15) is 0 Å². The Morgan fingerprint density at radius 1 is 1.56 bits per heavy atom. The van der Waals surface area contributed by atoms with E-state index in [4.69, 9.17) is 0 Å². The Labute approximate surface area is 107 Å². The lowest BCUT2D eigenvalue weighted by Crippen LogP contribution is -2.44. The summed E-state index contributed by atoms with van der Waals surface area (Å²) in [4.78, 5) is 11.6. The Kier molecular flexibility index (Phi) is 3.71. The van der Waals surface area contributed by atoms with E-state index in [9.17, 15) is 9.90 Å². The molecular weight excluding hydrogens is 230 g/mol. The van der Waals surface area contributed by atoms with E-state index in [0.717, 1.165) is 31.0 Å². The molecule has 18 heavy (non-hydrogen) atoms. The Balaban J connectivity index is 2.25. The number of nitrogens with zero attached hydrogens (tertiary/aromatic N) is 2. The highest BCUT2D eigenvalue weighted by Gasteiger charge is 2.40. The molecule has 0 unspecified atom stereocenters.